The highest BCUT2D eigenvalue weighted by atomic mass is 16.5. The van der Waals surface area contributed by atoms with E-state index in [2.05, 4.69) is 4.98 Å². The molecule has 3 aromatic rings. The van der Waals surface area contributed by atoms with Gasteiger partial charge in [0.05, 0.1) is 18.2 Å². The molecule has 25 heavy (non-hydrogen) atoms. The number of carbonyl (C=O) groups excluding carboxylic acids is 1. The number of benzene rings is 2. The van der Waals surface area contributed by atoms with Crippen LogP contribution in [0.15, 0.2) is 36.4 Å². The molecule has 3 rings (SSSR count). The monoisotopic (exact) mass is 339 g/mol. The van der Waals surface area contributed by atoms with Crippen LogP contribution in [0.25, 0.3) is 11.0 Å². The first kappa shape index (κ1) is 16.5. The molecule has 0 unspecified atom stereocenters. The molecule has 7 heteroatoms. The van der Waals surface area contributed by atoms with Crippen LogP contribution in [0.5, 0.6) is 5.75 Å². The lowest BCUT2D eigenvalue weighted by Crippen LogP contribution is -2.18. The van der Waals surface area contributed by atoms with Crippen molar-refractivity contribution in [1.29, 1.82) is 0 Å². The molecule has 0 radical (unpaired) electrons. The van der Waals surface area contributed by atoms with Crippen LogP contribution in [0.2, 0.25) is 0 Å². The van der Waals surface area contributed by atoms with Crippen LogP contribution in [-0.2, 0) is 6.54 Å². The lowest BCUT2D eigenvalue weighted by Gasteiger charge is -2.09. The van der Waals surface area contributed by atoms with Gasteiger partial charge in [-0.2, -0.15) is 0 Å². The summed E-state index contributed by atoms with van der Waals surface area (Å²) in [6.07, 6.45) is 0. The van der Waals surface area contributed by atoms with Gasteiger partial charge in [0.25, 0.3) is 5.91 Å². The van der Waals surface area contributed by atoms with Crippen molar-refractivity contribution < 1.29 is 19.4 Å². The minimum absolute atomic E-state index is 0.0268. The predicted octanol–water partition coefficient (Wildman–Crippen LogP) is 2.20. The Labute approximate surface area is 143 Å². The minimum atomic E-state index is -1.09. The molecule has 0 saturated heterocycles. The summed E-state index contributed by atoms with van der Waals surface area (Å²) in [5.74, 6) is -1.05. The van der Waals surface area contributed by atoms with E-state index in [1.165, 1.54) is 0 Å². The molecule has 0 spiro atoms. The van der Waals surface area contributed by atoms with E-state index in [0.717, 1.165) is 11.3 Å². The fraction of sp³-hybridized carbons (Fsp3) is 0.167. The van der Waals surface area contributed by atoms with Gasteiger partial charge in [-0.1, -0.05) is 18.2 Å². The molecule has 2 aromatic carbocycles. The Bertz CT molecular complexity index is 974. The molecule has 0 aliphatic heterocycles. The van der Waals surface area contributed by atoms with E-state index in [9.17, 15) is 14.7 Å². The number of ether oxygens (including phenoxy) is 1. The third kappa shape index (κ3) is 2.91. The van der Waals surface area contributed by atoms with Crippen LogP contribution in [0.4, 0.5) is 0 Å². The Hall–Kier alpha value is -3.35. The summed E-state index contributed by atoms with van der Waals surface area (Å²) in [5, 5.41) is 9.47. The molecule has 128 valence electrons. The molecule has 1 aromatic heterocycles. The van der Waals surface area contributed by atoms with E-state index in [-0.39, 0.29) is 16.9 Å². The molecule has 0 saturated carbocycles. The number of hydrogen-bond acceptors (Lipinski definition) is 4. The number of rotatable bonds is 5. The van der Waals surface area contributed by atoms with Gasteiger partial charge in [-0.25, -0.2) is 9.78 Å². The van der Waals surface area contributed by atoms with Crippen molar-refractivity contribution in [1.82, 2.24) is 9.55 Å². The first-order valence-electron chi connectivity index (χ1n) is 7.58. The largest absolute Gasteiger partial charge is 0.497 e. The average Bonchev–Trinajstić information content (AvgIpc) is 2.93. The van der Waals surface area contributed by atoms with Gasteiger partial charge in [0, 0.05) is 6.54 Å². The smallest absolute Gasteiger partial charge is 0.338 e. The molecule has 0 aliphatic rings. The van der Waals surface area contributed by atoms with Crippen LogP contribution < -0.4 is 10.5 Å². The predicted molar refractivity (Wildman–Crippen MR) is 92.0 cm³/mol. The van der Waals surface area contributed by atoms with E-state index >= 15 is 0 Å². The normalized spacial score (nSPS) is 10.8. The molecule has 0 aliphatic carbocycles. The van der Waals surface area contributed by atoms with E-state index in [1.807, 2.05) is 24.3 Å². The van der Waals surface area contributed by atoms with Crippen molar-refractivity contribution in [2.24, 2.45) is 5.73 Å². The molecular weight excluding hydrogens is 322 g/mol. The number of methoxy groups -OCH3 is 1. The summed E-state index contributed by atoms with van der Waals surface area (Å²) in [6.45, 7) is 2.02. The molecule has 1 amide bonds. The van der Waals surface area contributed by atoms with Gasteiger partial charge < -0.3 is 20.1 Å². The number of aromatic nitrogens is 2. The highest BCUT2D eigenvalue weighted by molar-refractivity contribution is 6.04. The number of hydrogen-bond donors (Lipinski definition) is 2. The summed E-state index contributed by atoms with van der Waals surface area (Å²) < 4.78 is 6.76. The number of amides is 1. The maximum Gasteiger partial charge on any atom is 0.338 e. The molecular formula is C18H17N3O4. The highest BCUT2D eigenvalue weighted by Crippen LogP contribution is 2.25. The summed E-state index contributed by atoms with van der Waals surface area (Å²) in [6, 6.07) is 10.8. The van der Waals surface area contributed by atoms with Crippen molar-refractivity contribution in [3.05, 3.63) is 58.9 Å². The molecule has 7 nitrogen and oxygen atoms in total. The Morgan fingerprint density at radius 3 is 2.44 bits per heavy atom. The van der Waals surface area contributed by atoms with Gasteiger partial charge in [-0.05, 0) is 36.2 Å². The van der Waals surface area contributed by atoms with Gasteiger partial charge in [-0.15, -0.1) is 0 Å². The summed E-state index contributed by atoms with van der Waals surface area (Å²) in [7, 11) is 1.58. The fourth-order valence-corrected chi connectivity index (χ4v) is 2.82. The first-order valence-corrected chi connectivity index (χ1v) is 7.58. The van der Waals surface area contributed by atoms with E-state index < -0.39 is 11.9 Å². The van der Waals surface area contributed by atoms with Crippen molar-refractivity contribution in [3.8, 4) is 5.75 Å². The zero-order valence-corrected chi connectivity index (χ0v) is 13.8. The summed E-state index contributed by atoms with van der Waals surface area (Å²) in [5.41, 5.74) is 7.81. The zero-order chi connectivity index (χ0) is 18.1. The Kier molecular flexibility index (Phi) is 4.14. The quantitative estimate of drug-likeness (QED) is 0.741. The third-order valence-corrected chi connectivity index (χ3v) is 4.06. The van der Waals surface area contributed by atoms with Crippen LogP contribution >= 0.6 is 0 Å². The number of carboxylic acids is 1. The molecule has 1 heterocycles. The second-order valence-electron chi connectivity index (χ2n) is 5.66. The van der Waals surface area contributed by atoms with Gasteiger partial charge in [0.15, 0.2) is 5.82 Å². The lowest BCUT2D eigenvalue weighted by atomic mass is 10.1. The number of fused-ring (bicyclic) bond motifs is 1. The number of nitrogens with zero attached hydrogens (tertiary/aromatic N) is 2. The second-order valence-corrected chi connectivity index (χ2v) is 5.66. The van der Waals surface area contributed by atoms with Crippen LogP contribution in [0.1, 0.15) is 32.1 Å². The Morgan fingerprint density at radius 1 is 1.20 bits per heavy atom. The van der Waals surface area contributed by atoms with E-state index in [1.54, 1.807) is 30.7 Å². The van der Waals surface area contributed by atoms with Gasteiger partial charge in [0.2, 0.25) is 0 Å². The SMILES string of the molecule is COc1ccc(Cn2c(C(N)=O)nc3c(C(=O)O)c(C)ccc32)cc1. The lowest BCUT2D eigenvalue weighted by molar-refractivity contribution is 0.0697. The van der Waals surface area contributed by atoms with Crippen molar-refractivity contribution >= 4 is 22.9 Å². The van der Waals surface area contributed by atoms with Crippen LogP contribution in [-0.4, -0.2) is 33.6 Å². The highest BCUT2D eigenvalue weighted by Gasteiger charge is 2.21. The average molecular weight is 339 g/mol. The minimum Gasteiger partial charge on any atom is -0.497 e. The summed E-state index contributed by atoms with van der Waals surface area (Å²) in [4.78, 5) is 27.6. The van der Waals surface area contributed by atoms with Crippen LogP contribution in [0.3, 0.4) is 0 Å². The molecule has 3 N–H and O–H groups in total. The van der Waals surface area contributed by atoms with Gasteiger partial charge in [-0.3, -0.25) is 4.79 Å². The molecule has 0 atom stereocenters. The van der Waals surface area contributed by atoms with E-state index in [4.69, 9.17) is 10.5 Å². The van der Waals surface area contributed by atoms with Crippen molar-refractivity contribution in [3.63, 3.8) is 0 Å². The topological polar surface area (TPSA) is 107 Å². The number of imidazole rings is 1. The first-order chi connectivity index (χ1) is 11.9. The fourth-order valence-electron chi connectivity index (χ4n) is 2.82. The van der Waals surface area contributed by atoms with Gasteiger partial charge in [0.1, 0.15) is 11.3 Å². The summed E-state index contributed by atoms with van der Waals surface area (Å²) >= 11 is 0. The number of nitrogens with two attached hydrogens (primary N) is 1. The van der Waals surface area contributed by atoms with Gasteiger partial charge >= 0.3 is 5.97 Å². The zero-order valence-electron chi connectivity index (χ0n) is 13.8. The standard InChI is InChI=1S/C18H17N3O4/c1-10-3-8-13-15(14(10)18(23)24)20-17(16(19)22)21(13)9-11-4-6-12(25-2)7-5-11/h3-8H,9H2,1-2H3,(H2,19,22)(H,23,24). The second kappa shape index (κ2) is 6.27. The number of carbonyl (C=O) groups is 2. The maximum absolute atomic E-state index is 11.8. The number of primary amides is 1. The van der Waals surface area contributed by atoms with Crippen molar-refractivity contribution in [2.75, 3.05) is 7.11 Å². The number of aromatic carboxylic acids is 1. The Morgan fingerprint density at radius 2 is 1.88 bits per heavy atom. The number of aryl methyl sites for hydroxylation is 1. The van der Waals surface area contributed by atoms with Crippen molar-refractivity contribution in [2.45, 2.75) is 13.5 Å². The van der Waals surface area contributed by atoms with E-state index in [0.29, 0.717) is 17.6 Å². The number of carboxylic acid groups (broad SMARTS) is 1. The Balaban J connectivity index is 2.18. The molecule has 0 bridgehead atoms. The molecule has 0 fully saturated rings. The maximum atomic E-state index is 11.8. The third-order valence-electron chi connectivity index (χ3n) is 4.06. The van der Waals surface area contributed by atoms with Crippen LogP contribution in [0, 0.1) is 6.92 Å².